The Morgan fingerprint density at radius 1 is 0.571 bits per heavy atom. The lowest BCUT2D eigenvalue weighted by Crippen LogP contribution is -2.34. The lowest BCUT2D eigenvalue weighted by atomic mass is 10.1. The van der Waals surface area contributed by atoms with Gasteiger partial charge in [-0.1, -0.05) is 98.6 Å². The molecule has 0 saturated heterocycles. The third kappa shape index (κ3) is 7.24. The minimum absolute atomic E-state index is 0. The van der Waals surface area contributed by atoms with Crippen molar-refractivity contribution < 1.29 is 9.59 Å². The Hall–Kier alpha value is -4.21. The number of likely N-dealkylation sites (N-methyl/N-ethyl adjacent to an activating group) is 2. The summed E-state index contributed by atoms with van der Waals surface area (Å²) in [5.41, 5.74) is 5.82. The van der Waals surface area contributed by atoms with Crippen LogP contribution in [-0.4, -0.2) is 55.3 Å². The second-order valence-electron chi connectivity index (χ2n) is 12.3. The molecule has 0 radical (unpaired) electrons. The van der Waals surface area contributed by atoms with Crippen LogP contribution >= 0.6 is 44.3 Å². The molecule has 0 N–H and O–H groups in total. The number of fused-ring (bicyclic) bond motifs is 4. The number of hydrogen-bond donors (Lipinski definition) is 0. The van der Waals surface area contributed by atoms with Crippen molar-refractivity contribution in [3.63, 3.8) is 0 Å². The van der Waals surface area contributed by atoms with Gasteiger partial charge in [0.25, 0.3) is 11.8 Å². The van der Waals surface area contributed by atoms with Gasteiger partial charge in [-0.2, -0.15) is 0 Å². The van der Waals surface area contributed by atoms with Crippen LogP contribution in [0.5, 0.6) is 0 Å². The zero-order valence-corrected chi connectivity index (χ0v) is 31.1. The van der Waals surface area contributed by atoms with Crippen molar-refractivity contribution in [2.75, 3.05) is 43.5 Å². The highest BCUT2D eigenvalue weighted by Crippen LogP contribution is 2.37. The van der Waals surface area contributed by atoms with Gasteiger partial charge in [-0.3, -0.25) is 14.5 Å². The third-order valence-corrected chi connectivity index (χ3v) is 9.91. The second kappa shape index (κ2) is 14.7. The number of anilines is 4. The molecule has 0 saturated carbocycles. The van der Waals surface area contributed by atoms with E-state index in [2.05, 4.69) is 109 Å². The molecule has 2 aliphatic rings. The van der Waals surface area contributed by atoms with Gasteiger partial charge in [0.2, 0.25) is 0 Å². The number of rotatable bonds is 2. The minimum atomic E-state index is -0.154. The van der Waals surface area contributed by atoms with E-state index in [4.69, 9.17) is 0 Å². The van der Waals surface area contributed by atoms with Crippen LogP contribution in [0.15, 0.2) is 130 Å². The van der Waals surface area contributed by atoms with Crippen molar-refractivity contribution in [2.45, 2.75) is 6.54 Å². The quantitative estimate of drug-likeness (QED) is 0.175. The van der Waals surface area contributed by atoms with Crippen LogP contribution in [0.2, 0.25) is 0 Å². The molecule has 0 aliphatic carbocycles. The first-order valence-electron chi connectivity index (χ1n) is 15.9. The smallest absolute Gasteiger partial charge is 0.256 e. The number of amides is 2. The maximum Gasteiger partial charge on any atom is 0.256 e. The molecule has 0 spiro atoms. The van der Waals surface area contributed by atoms with E-state index in [1.807, 2.05) is 54.6 Å². The molecule has 6 aromatic rings. The largest absolute Gasteiger partial charge is 0.340 e. The zero-order valence-electron chi connectivity index (χ0n) is 27.1. The number of halogens is 3. The van der Waals surface area contributed by atoms with Gasteiger partial charge in [0.15, 0.2) is 0 Å². The fourth-order valence-electron chi connectivity index (χ4n) is 6.45. The van der Waals surface area contributed by atoms with Crippen molar-refractivity contribution >= 4 is 100 Å². The molecule has 6 aromatic carbocycles. The summed E-state index contributed by atoms with van der Waals surface area (Å²) in [5, 5.41) is 4.74. The molecule has 0 fully saturated rings. The van der Waals surface area contributed by atoms with Gasteiger partial charge < -0.3 is 14.7 Å². The second-order valence-corrected chi connectivity index (χ2v) is 14.1. The van der Waals surface area contributed by atoms with Gasteiger partial charge in [-0.15, -0.1) is 12.4 Å². The van der Waals surface area contributed by atoms with Crippen LogP contribution in [0.4, 0.5) is 22.7 Å². The first-order chi connectivity index (χ1) is 23.2. The van der Waals surface area contributed by atoms with E-state index in [-0.39, 0.29) is 30.8 Å². The predicted octanol–water partition coefficient (Wildman–Crippen LogP) is 9.96. The summed E-state index contributed by atoms with van der Waals surface area (Å²) in [6.07, 6.45) is 0. The Kier molecular flexibility index (Phi) is 10.4. The Morgan fingerprint density at radius 3 is 1.82 bits per heavy atom. The number of carbonyl (C=O) groups excluding carboxylic acids is 2. The van der Waals surface area contributed by atoms with Crippen molar-refractivity contribution in [1.82, 2.24) is 9.80 Å². The summed E-state index contributed by atoms with van der Waals surface area (Å²) < 4.78 is 1.95. The number of carbonyl (C=O) groups is 2. The minimum Gasteiger partial charge on any atom is -0.340 e. The molecule has 2 heterocycles. The van der Waals surface area contributed by atoms with Gasteiger partial charge >= 0.3 is 0 Å². The molecule has 6 nitrogen and oxygen atoms in total. The van der Waals surface area contributed by atoms with Crippen LogP contribution < -0.4 is 9.80 Å². The molecule has 0 atom stereocenters. The normalized spacial score (nSPS) is 14.7. The first kappa shape index (κ1) is 34.6. The summed E-state index contributed by atoms with van der Waals surface area (Å²) in [4.78, 5) is 33.4. The average molecular weight is 799 g/mol. The van der Waals surface area contributed by atoms with Crippen molar-refractivity contribution in [3.8, 4) is 0 Å². The summed E-state index contributed by atoms with van der Waals surface area (Å²) in [7, 11) is 3.84. The number of hydrogen-bond acceptors (Lipinski definition) is 4. The fraction of sp³-hybridized carbons (Fsp3) is 0.150. The van der Waals surface area contributed by atoms with E-state index in [1.165, 1.54) is 32.6 Å². The number of nitrogens with zero attached hydrogens (tertiary/aromatic N) is 4. The lowest BCUT2D eigenvalue weighted by Gasteiger charge is -2.25. The molecule has 0 unspecified atom stereocenters. The molecule has 9 heteroatoms. The monoisotopic (exact) mass is 796 g/mol. The standard InChI is InChI=1S/C20H15BrN2O2.C20H19BrN2.ClH/c1-22-12-19(24)23(18-11-15(21)7-9-17(18)20(22)25)16-8-6-13-4-2-3-5-14(13)10-16;1-22-10-11-23(20-13-18(21)8-6-17(20)14-22)19-9-7-15-4-2-3-5-16(15)12-19;/h2-11H,12H2,1H3;2-9,12-13H,10-11,14H2,1H3;1H. The van der Waals surface area contributed by atoms with E-state index in [9.17, 15) is 9.59 Å². The van der Waals surface area contributed by atoms with Crippen LogP contribution in [-0.2, 0) is 11.3 Å². The zero-order chi connectivity index (χ0) is 33.4. The van der Waals surface area contributed by atoms with Crippen LogP contribution in [0.3, 0.4) is 0 Å². The Labute approximate surface area is 309 Å². The highest BCUT2D eigenvalue weighted by atomic mass is 79.9. The average Bonchev–Trinajstić information content (AvgIpc) is 3.31. The van der Waals surface area contributed by atoms with E-state index >= 15 is 0 Å². The SMILES string of the molecule is CN1CC(=O)N(c2ccc3ccccc3c2)c2cc(Br)ccc2C1=O.CN1CCN(c2ccc3ccccc3c2)c2cc(Br)ccc2C1.Cl. The van der Waals surface area contributed by atoms with Crippen molar-refractivity contribution in [2.24, 2.45) is 0 Å². The molecule has 8 rings (SSSR count). The first-order valence-corrected chi connectivity index (χ1v) is 17.4. The van der Waals surface area contributed by atoms with Gasteiger partial charge in [-0.25, -0.2) is 0 Å². The summed E-state index contributed by atoms with van der Waals surface area (Å²) in [6, 6.07) is 41.2. The van der Waals surface area contributed by atoms with Gasteiger partial charge in [0.1, 0.15) is 6.54 Å². The maximum absolute atomic E-state index is 12.9. The molecule has 0 aromatic heterocycles. The summed E-state index contributed by atoms with van der Waals surface area (Å²) in [6.45, 7) is 3.09. The molecule has 2 aliphatic heterocycles. The topological polar surface area (TPSA) is 47.1 Å². The summed E-state index contributed by atoms with van der Waals surface area (Å²) >= 11 is 7.08. The molecule has 49 heavy (non-hydrogen) atoms. The molecular formula is C40H35Br2ClN4O2. The van der Waals surface area contributed by atoms with Crippen molar-refractivity contribution in [3.05, 3.63) is 141 Å². The van der Waals surface area contributed by atoms with Gasteiger partial charge in [0.05, 0.1) is 11.3 Å². The van der Waals surface area contributed by atoms with Gasteiger partial charge in [0, 0.05) is 52.7 Å². The number of benzene rings is 6. The molecular weight excluding hydrogens is 764 g/mol. The van der Waals surface area contributed by atoms with E-state index in [0.29, 0.717) is 11.3 Å². The van der Waals surface area contributed by atoms with Crippen LogP contribution in [0.25, 0.3) is 21.5 Å². The third-order valence-electron chi connectivity index (χ3n) is 8.92. The van der Waals surface area contributed by atoms with E-state index in [1.54, 1.807) is 18.0 Å². The molecule has 248 valence electrons. The summed E-state index contributed by atoms with van der Waals surface area (Å²) in [5.74, 6) is -0.290. The van der Waals surface area contributed by atoms with E-state index < -0.39 is 0 Å². The Bertz CT molecular complexity index is 2190. The van der Waals surface area contributed by atoms with Crippen LogP contribution in [0, 0.1) is 0 Å². The maximum atomic E-state index is 12.9. The highest BCUT2D eigenvalue weighted by molar-refractivity contribution is 9.10. The molecule has 0 bridgehead atoms. The highest BCUT2D eigenvalue weighted by Gasteiger charge is 2.31. The van der Waals surface area contributed by atoms with E-state index in [0.717, 1.165) is 45.0 Å². The predicted molar refractivity (Wildman–Crippen MR) is 211 cm³/mol. The van der Waals surface area contributed by atoms with Crippen molar-refractivity contribution in [1.29, 1.82) is 0 Å². The Balaban J connectivity index is 0.000000167. The lowest BCUT2D eigenvalue weighted by molar-refractivity contribution is -0.118. The molecule has 2 amide bonds. The van der Waals surface area contributed by atoms with Crippen LogP contribution in [0.1, 0.15) is 15.9 Å². The fourth-order valence-corrected chi connectivity index (χ4v) is 7.15. The van der Waals surface area contributed by atoms with Gasteiger partial charge in [-0.05, 0) is 88.8 Å². The Morgan fingerprint density at radius 2 is 1.14 bits per heavy atom.